The number of aromatic amines is 1. The van der Waals surface area contributed by atoms with Gasteiger partial charge in [-0.1, -0.05) is 48.5 Å². The number of nitrogens with zero attached hydrogens (tertiary/aromatic N) is 3. The van der Waals surface area contributed by atoms with Gasteiger partial charge in [0.05, 0.1) is 22.8 Å². The summed E-state index contributed by atoms with van der Waals surface area (Å²) < 4.78 is 0. The lowest BCUT2D eigenvalue weighted by Crippen LogP contribution is -2.49. The van der Waals surface area contributed by atoms with Crippen molar-refractivity contribution in [3.05, 3.63) is 84.2 Å². The third-order valence-corrected chi connectivity index (χ3v) is 7.08. The molecule has 1 saturated heterocycles. The van der Waals surface area contributed by atoms with E-state index in [9.17, 15) is 9.59 Å². The second-order valence-corrected chi connectivity index (χ2v) is 10.1. The van der Waals surface area contributed by atoms with Crippen LogP contribution in [0.4, 0.5) is 11.6 Å². The molecule has 10 heteroatoms. The van der Waals surface area contributed by atoms with Crippen molar-refractivity contribution >= 4 is 46.0 Å². The molecule has 3 heterocycles. The third kappa shape index (κ3) is 6.27. The number of amides is 2. The van der Waals surface area contributed by atoms with Crippen LogP contribution in [0.2, 0.25) is 5.02 Å². The van der Waals surface area contributed by atoms with E-state index in [4.69, 9.17) is 16.6 Å². The summed E-state index contributed by atoms with van der Waals surface area (Å²) in [6.45, 7) is 5.28. The lowest BCUT2D eigenvalue weighted by molar-refractivity contribution is -0.126. The smallest absolute Gasteiger partial charge is 0.247 e. The van der Waals surface area contributed by atoms with Gasteiger partial charge < -0.3 is 25.8 Å². The van der Waals surface area contributed by atoms with E-state index < -0.39 is 0 Å². The Morgan fingerprint density at radius 1 is 1.18 bits per heavy atom. The van der Waals surface area contributed by atoms with E-state index in [1.54, 1.807) is 18.3 Å². The number of benzene rings is 2. The van der Waals surface area contributed by atoms with Gasteiger partial charge >= 0.3 is 0 Å². The second-order valence-electron chi connectivity index (χ2n) is 9.74. The number of carbonyl (C=O) groups is 2. The molecule has 5 rings (SSSR count). The molecule has 4 N–H and O–H groups in total. The maximum Gasteiger partial charge on any atom is 0.247 e. The molecule has 2 aromatic heterocycles. The first kappa shape index (κ1) is 26.4. The van der Waals surface area contributed by atoms with E-state index in [1.165, 1.54) is 6.08 Å². The van der Waals surface area contributed by atoms with Gasteiger partial charge in [-0.25, -0.2) is 9.97 Å². The fourth-order valence-corrected chi connectivity index (χ4v) is 5.12. The molecular formula is C29H30ClN7O2. The quantitative estimate of drug-likeness (QED) is 0.244. The first-order valence-electron chi connectivity index (χ1n) is 12.7. The number of hydrogen-bond donors (Lipinski definition) is 4. The Kier molecular flexibility index (Phi) is 7.90. The van der Waals surface area contributed by atoms with E-state index >= 15 is 0 Å². The minimum Gasteiger partial charge on any atom is -0.360 e. The molecule has 0 saturated carbocycles. The molecule has 0 radical (unpaired) electrons. The van der Waals surface area contributed by atoms with Gasteiger partial charge in [0.2, 0.25) is 17.8 Å². The number of aromatic nitrogens is 3. The van der Waals surface area contributed by atoms with Gasteiger partial charge in [0.1, 0.15) is 0 Å². The minimum absolute atomic E-state index is 0.00565. The van der Waals surface area contributed by atoms with Gasteiger partial charge in [-0.3, -0.25) is 9.59 Å². The Balaban J connectivity index is 1.22. The number of nitrogens with one attached hydrogen (secondary N) is 4. The van der Waals surface area contributed by atoms with Gasteiger partial charge in [0, 0.05) is 54.0 Å². The number of halogens is 1. The van der Waals surface area contributed by atoms with Crippen molar-refractivity contribution in [2.45, 2.75) is 19.0 Å². The highest BCUT2D eigenvalue weighted by atomic mass is 35.5. The Labute approximate surface area is 231 Å². The number of carbonyl (C=O) groups excluding carboxylic acids is 2. The number of H-pyrrole nitrogens is 1. The van der Waals surface area contributed by atoms with E-state index in [0.29, 0.717) is 41.9 Å². The van der Waals surface area contributed by atoms with E-state index in [1.807, 2.05) is 49.6 Å². The van der Waals surface area contributed by atoms with Crippen LogP contribution in [0.3, 0.4) is 0 Å². The topological polar surface area (TPSA) is 115 Å². The van der Waals surface area contributed by atoms with E-state index in [0.717, 1.165) is 28.6 Å². The molecule has 0 aliphatic carbocycles. The summed E-state index contributed by atoms with van der Waals surface area (Å²) >= 11 is 6.49. The number of piperidine rings is 1. The van der Waals surface area contributed by atoms with Crippen molar-refractivity contribution in [2.75, 3.05) is 30.8 Å². The third-order valence-electron chi connectivity index (χ3n) is 6.80. The number of anilines is 2. The average Bonchev–Trinajstić information content (AvgIpc) is 3.37. The molecule has 200 valence electrons. The molecule has 1 aliphatic heterocycles. The van der Waals surface area contributed by atoms with Gasteiger partial charge in [0.25, 0.3) is 0 Å². The maximum absolute atomic E-state index is 13.1. The van der Waals surface area contributed by atoms with Crippen LogP contribution in [0, 0.1) is 5.92 Å². The molecule has 2 atom stereocenters. The Morgan fingerprint density at radius 3 is 2.77 bits per heavy atom. The van der Waals surface area contributed by atoms with Crippen molar-refractivity contribution in [1.82, 2.24) is 25.2 Å². The first-order valence-corrected chi connectivity index (χ1v) is 13.1. The molecule has 0 bridgehead atoms. The van der Waals surface area contributed by atoms with Gasteiger partial charge in [-0.15, -0.1) is 0 Å². The lowest BCUT2D eigenvalue weighted by atomic mass is 9.93. The summed E-state index contributed by atoms with van der Waals surface area (Å²) in [4.78, 5) is 39.1. The molecule has 2 amide bonds. The predicted molar refractivity (Wildman–Crippen MR) is 154 cm³/mol. The van der Waals surface area contributed by atoms with Crippen LogP contribution in [0.5, 0.6) is 0 Å². The molecule has 2 aromatic carbocycles. The van der Waals surface area contributed by atoms with Gasteiger partial charge in [-0.05, 0) is 43.3 Å². The fourth-order valence-electron chi connectivity index (χ4n) is 4.92. The highest BCUT2D eigenvalue weighted by Crippen LogP contribution is 2.32. The lowest BCUT2D eigenvalue weighted by Gasteiger charge is -2.35. The summed E-state index contributed by atoms with van der Waals surface area (Å²) in [5.41, 5.74) is 4.19. The summed E-state index contributed by atoms with van der Waals surface area (Å²) in [5, 5.41) is 10.7. The molecule has 9 nitrogen and oxygen atoms in total. The predicted octanol–water partition coefficient (Wildman–Crippen LogP) is 4.45. The molecule has 1 fully saturated rings. The van der Waals surface area contributed by atoms with Crippen molar-refractivity contribution in [2.24, 2.45) is 5.92 Å². The highest BCUT2D eigenvalue weighted by molar-refractivity contribution is 6.33. The number of likely N-dealkylation sites (tertiary alicyclic amines) is 1. The summed E-state index contributed by atoms with van der Waals surface area (Å²) in [6, 6.07) is 15.3. The van der Waals surface area contributed by atoms with Crippen LogP contribution in [-0.2, 0) is 16.1 Å². The molecule has 4 aromatic rings. The molecule has 1 aliphatic rings. The Bertz CT molecular complexity index is 1500. The SMILES string of the molecule is C=CC(=O)Nc1ccc(CNC(=O)C2C[C@H](Nc3ncc(Cl)c(-c4c[nH]c5ccccc45)n3)CN(C)C2)cc1. The van der Waals surface area contributed by atoms with Crippen molar-refractivity contribution in [1.29, 1.82) is 0 Å². The van der Waals surface area contributed by atoms with Crippen LogP contribution in [0.25, 0.3) is 22.2 Å². The maximum atomic E-state index is 13.1. The number of hydrogen-bond acceptors (Lipinski definition) is 6. The standard InChI is InChI=1S/C29H30ClN7O2/c1-3-26(38)34-20-10-8-18(9-11-20)13-32-28(39)19-12-21(17-37(2)16-19)35-29-33-15-24(30)27(36-29)23-14-31-25-7-5-4-6-22(23)25/h3-11,14-15,19,21,31H,1,12-13,16-17H2,2H3,(H,32,39)(H,34,38)(H,33,35,36)/t19?,21-/m0/s1. The van der Waals surface area contributed by atoms with Gasteiger partial charge in [-0.2, -0.15) is 0 Å². The molecule has 1 unspecified atom stereocenters. The van der Waals surface area contributed by atoms with Crippen molar-refractivity contribution in [3.63, 3.8) is 0 Å². The zero-order valence-electron chi connectivity index (χ0n) is 21.6. The monoisotopic (exact) mass is 543 g/mol. The van der Waals surface area contributed by atoms with Crippen molar-refractivity contribution < 1.29 is 9.59 Å². The van der Waals surface area contributed by atoms with Crippen LogP contribution in [-0.4, -0.2) is 57.8 Å². The van der Waals surface area contributed by atoms with E-state index in [2.05, 4.69) is 37.4 Å². The highest BCUT2D eigenvalue weighted by Gasteiger charge is 2.30. The summed E-state index contributed by atoms with van der Waals surface area (Å²) in [5.74, 6) is 0.0169. The molecule has 0 spiro atoms. The largest absolute Gasteiger partial charge is 0.360 e. The first-order chi connectivity index (χ1) is 18.9. The second kappa shape index (κ2) is 11.7. The Hall–Kier alpha value is -4.21. The molecular weight excluding hydrogens is 514 g/mol. The van der Waals surface area contributed by atoms with Crippen LogP contribution in [0.15, 0.2) is 73.6 Å². The van der Waals surface area contributed by atoms with Crippen LogP contribution in [0.1, 0.15) is 12.0 Å². The number of likely N-dealkylation sites (N-methyl/N-ethyl adjacent to an activating group) is 1. The number of rotatable bonds is 8. The van der Waals surface area contributed by atoms with E-state index in [-0.39, 0.29) is 23.8 Å². The normalized spacial score (nSPS) is 17.5. The number of fused-ring (bicyclic) bond motifs is 1. The van der Waals surface area contributed by atoms with Gasteiger partial charge in [0.15, 0.2) is 0 Å². The summed E-state index contributed by atoms with van der Waals surface area (Å²) in [7, 11) is 2.00. The summed E-state index contributed by atoms with van der Waals surface area (Å²) in [6.07, 6.45) is 5.39. The fraction of sp³-hybridized carbons (Fsp3) is 0.241. The zero-order valence-corrected chi connectivity index (χ0v) is 22.3. The molecule has 39 heavy (non-hydrogen) atoms. The zero-order chi connectivity index (χ0) is 27.4. The number of para-hydroxylation sites is 1. The Morgan fingerprint density at radius 2 is 1.97 bits per heavy atom. The minimum atomic E-state index is -0.265. The van der Waals surface area contributed by atoms with Crippen LogP contribution >= 0.6 is 11.6 Å². The van der Waals surface area contributed by atoms with Crippen LogP contribution < -0.4 is 16.0 Å². The average molecular weight is 544 g/mol. The van der Waals surface area contributed by atoms with Crippen molar-refractivity contribution in [3.8, 4) is 11.3 Å².